The molecule has 1 aromatic heterocycles. The van der Waals surface area contributed by atoms with Crippen LogP contribution in [-0.2, 0) is 10.3 Å². The van der Waals surface area contributed by atoms with Crippen LogP contribution < -0.4 is 11.3 Å². The number of hydrazine groups is 1. The first kappa shape index (κ1) is 14.2. The Labute approximate surface area is 114 Å². The van der Waals surface area contributed by atoms with Crippen molar-refractivity contribution in [2.75, 3.05) is 12.5 Å². The fourth-order valence-corrected chi connectivity index (χ4v) is 2.70. The fraction of sp³-hybridized carbons (Fsp3) is 0.714. The number of rotatable bonds is 3. The minimum Gasteiger partial charge on any atom is -0.370 e. The standard InChI is InChI=1S/C14H24N4O/c1-10-9-11(18-15)17-12(16-10)14(19-4)7-5-13(2,3)6-8-14/h9H,5-8,15H2,1-4H3,(H,16,17,18). The zero-order chi connectivity index (χ0) is 14.1. The van der Waals surface area contributed by atoms with Crippen molar-refractivity contribution in [3.63, 3.8) is 0 Å². The summed E-state index contributed by atoms with van der Waals surface area (Å²) in [6.45, 7) is 6.55. The van der Waals surface area contributed by atoms with Crippen LogP contribution in [0.2, 0.25) is 0 Å². The Kier molecular flexibility index (Phi) is 3.78. The van der Waals surface area contributed by atoms with Gasteiger partial charge in [-0.05, 0) is 38.0 Å². The maximum atomic E-state index is 5.82. The van der Waals surface area contributed by atoms with Crippen LogP contribution in [0.25, 0.3) is 0 Å². The Morgan fingerprint density at radius 1 is 1.21 bits per heavy atom. The van der Waals surface area contributed by atoms with Crippen molar-refractivity contribution in [1.82, 2.24) is 9.97 Å². The van der Waals surface area contributed by atoms with Crippen LogP contribution in [0.15, 0.2) is 6.07 Å². The maximum Gasteiger partial charge on any atom is 0.162 e. The molecule has 1 aliphatic rings. The van der Waals surface area contributed by atoms with E-state index in [4.69, 9.17) is 10.6 Å². The normalized spacial score (nSPS) is 21.1. The summed E-state index contributed by atoms with van der Waals surface area (Å²) in [5.41, 5.74) is 3.51. The van der Waals surface area contributed by atoms with E-state index in [1.807, 2.05) is 13.0 Å². The van der Waals surface area contributed by atoms with Crippen molar-refractivity contribution >= 4 is 5.82 Å². The molecule has 5 heteroatoms. The van der Waals surface area contributed by atoms with E-state index in [2.05, 4.69) is 29.2 Å². The highest BCUT2D eigenvalue weighted by Crippen LogP contribution is 2.46. The molecule has 0 aliphatic heterocycles. The lowest BCUT2D eigenvalue weighted by molar-refractivity contribution is -0.0729. The SMILES string of the molecule is COC1(c2nc(C)cc(NN)n2)CCC(C)(C)CC1. The van der Waals surface area contributed by atoms with Crippen LogP contribution in [0.3, 0.4) is 0 Å². The Balaban J connectivity index is 2.34. The molecule has 5 nitrogen and oxygen atoms in total. The molecule has 3 N–H and O–H groups in total. The van der Waals surface area contributed by atoms with Crippen LogP contribution in [0, 0.1) is 12.3 Å². The first-order valence-corrected chi connectivity index (χ1v) is 6.79. The van der Waals surface area contributed by atoms with Crippen molar-refractivity contribution in [2.24, 2.45) is 11.3 Å². The highest BCUT2D eigenvalue weighted by Gasteiger charge is 2.42. The van der Waals surface area contributed by atoms with Gasteiger partial charge in [0.05, 0.1) is 0 Å². The number of aryl methyl sites for hydroxylation is 1. The van der Waals surface area contributed by atoms with E-state index in [0.717, 1.165) is 37.2 Å². The fourth-order valence-electron chi connectivity index (χ4n) is 2.70. The number of ether oxygens (including phenoxy) is 1. The monoisotopic (exact) mass is 264 g/mol. The minimum atomic E-state index is -0.368. The van der Waals surface area contributed by atoms with E-state index in [0.29, 0.717) is 11.2 Å². The molecule has 2 rings (SSSR count). The number of aromatic nitrogens is 2. The van der Waals surface area contributed by atoms with Crippen LogP contribution in [0.4, 0.5) is 5.82 Å². The second-order valence-electron chi connectivity index (χ2n) is 6.23. The van der Waals surface area contributed by atoms with E-state index in [-0.39, 0.29) is 5.60 Å². The van der Waals surface area contributed by atoms with Gasteiger partial charge < -0.3 is 10.2 Å². The van der Waals surface area contributed by atoms with Crippen molar-refractivity contribution in [3.05, 3.63) is 17.6 Å². The molecule has 1 saturated carbocycles. The van der Waals surface area contributed by atoms with Crippen molar-refractivity contribution in [2.45, 2.75) is 52.1 Å². The number of nitrogens with zero attached hydrogens (tertiary/aromatic N) is 2. The van der Waals surface area contributed by atoms with Crippen LogP contribution in [0.5, 0.6) is 0 Å². The third kappa shape index (κ3) is 2.87. The van der Waals surface area contributed by atoms with Gasteiger partial charge in [-0.3, -0.25) is 0 Å². The second kappa shape index (κ2) is 5.06. The smallest absolute Gasteiger partial charge is 0.162 e. The largest absolute Gasteiger partial charge is 0.370 e. The van der Waals surface area contributed by atoms with Crippen molar-refractivity contribution in [1.29, 1.82) is 0 Å². The topological polar surface area (TPSA) is 73.1 Å². The summed E-state index contributed by atoms with van der Waals surface area (Å²) < 4.78 is 5.82. The average molecular weight is 264 g/mol. The van der Waals surface area contributed by atoms with Gasteiger partial charge in [0, 0.05) is 18.9 Å². The second-order valence-corrected chi connectivity index (χ2v) is 6.23. The lowest BCUT2D eigenvalue weighted by Gasteiger charge is -2.41. The zero-order valence-electron chi connectivity index (χ0n) is 12.3. The number of nitrogens with one attached hydrogen (secondary N) is 1. The Hall–Kier alpha value is -1.20. The van der Waals surface area contributed by atoms with Gasteiger partial charge in [0.25, 0.3) is 0 Å². The summed E-state index contributed by atoms with van der Waals surface area (Å²) in [6.07, 6.45) is 4.13. The number of methoxy groups -OCH3 is 1. The lowest BCUT2D eigenvalue weighted by atomic mass is 9.70. The van der Waals surface area contributed by atoms with Gasteiger partial charge in [-0.25, -0.2) is 15.8 Å². The molecule has 19 heavy (non-hydrogen) atoms. The van der Waals surface area contributed by atoms with E-state index < -0.39 is 0 Å². The van der Waals surface area contributed by atoms with Crippen LogP contribution in [0.1, 0.15) is 51.0 Å². The number of anilines is 1. The summed E-state index contributed by atoms with van der Waals surface area (Å²) in [5, 5.41) is 0. The first-order valence-electron chi connectivity index (χ1n) is 6.79. The highest BCUT2D eigenvalue weighted by molar-refractivity contribution is 5.35. The highest BCUT2D eigenvalue weighted by atomic mass is 16.5. The van der Waals surface area contributed by atoms with E-state index >= 15 is 0 Å². The molecule has 0 spiro atoms. The van der Waals surface area contributed by atoms with Gasteiger partial charge in [-0.15, -0.1) is 0 Å². The molecule has 0 aromatic carbocycles. The average Bonchev–Trinajstić information content (AvgIpc) is 2.38. The molecule has 0 atom stereocenters. The van der Waals surface area contributed by atoms with Gasteiger partial charge in [0.2, 0.25) is 0 Å². The molecule has 0 unspecified atom stereocenters. The summed E-state index contributed by atoms with van der Waals surface area (Å²) in [6, 6.07) is 1.83. The molecule has 1 heterocycles. The Bertz CT molecular complexity index is 449. The molecule has 0 amide bonds. The van der Waals surface area contributed by atoms with Gasteiger partial charge in [-0.1, -0.05) is 13.8 Å². The van der Waals surface area contributed by atoms with Crippen molar-refractivity contribution < 1.29 is 4.74 Å². The summed E-state index contributed by atoms with van der Waals surface area (Å²) >= 11 is 0. The van der Waals surface area contributed by atoms with Crippen LogP contribution >= 0.6 is 0 Å². The first-order chi connectivity index (χ1) is 8.91. The molecular weight excluding hydrogens is 240 g/mol. The molecule has 1 fully saturated rings. The number of nitrogen functional groups attached to an aromatic ring is 1. The Morgan fingerprint density at radius 2 is 1.84 bits per heavy atom. The molecule has 0 radical (unpaired) electrons. The quantitative estimate of drug-likeness (QED) is 0.648. The number of hydrogen-bond donors (Lipinski definition) is 2. The van der Waals surface area contributed by atoms with Gasteiger partial charge in [0.1, 0.15) is 11.4 Å². The number of nitrogens with two attached hydrogens (primary N) is 1. The van der Waals surface area contributed by atoms with E-state index in [1.165, 1.54) is 0 Å². The summed E-state index contributed by atoms with van der Waals surface area (Å²) in [7, 11) is 1.75. The third-order valence-corrected chi connectivity index (χ3v) is 4.21. The lowest BCUT2D eigenvalue weighted by Crippen LogP contribution is -2.38. The molecule has 0 bridgehead atoms. The minimum absolute atomic E-state index is 0.368. The van der Waals surface area contributed by atoms with Gasteiger partial charge in [0.15, 0.2) is 5.82 Å². The molecular formula is C14H24N4O. The summed E-state index contributed by atoms with van der Waals surface area (Å²) in [4.78, 5) is 9.06. The van der Waals surface area contributed by atoms with Gasteiger partial charge in [-0.2, -0.15) is 0 Å². The summed E-state index contributed by atoms with van der Waals surface area (Å²) in [5.74, 6) is 6.85. The molecule has 1 aromatic rings. The zero-order valence-corrected chi connectivity index (χ0v) is 12.3. The maximum absolute atomic E-state index is 5.82. The Morgan fingerprint density at radius 3 is 2.37 bits per heavy atom. The van der Waals surface area contributed by atoms with E-state index in [9.17, 15) is 0 Å². The molecule has 106 valence electrons. The molecule has 0 saturated heterocycles. The number of hydrogen-bond acceptors (Lipinski definition) is 5. The predicted molar refractivity (Wildman–Crippen MR) is 75.5 cm³/mol. The van der Waals surface area contributed by atoms with Gasteiger partial charge >= 0.3 is 0 Å². The van der Waals surface area contributed by atoms with Crippen LogP contribution in [-0.4, -0.2) is 17.1 Å². The third-order valence-electron chi connectivity index (χ3n) is 4.21. The van der Waals surface area contributed by atoms with E-state index in [1.54, 1.807) is 7.11 Å². The van der Waals surface area contributed by atoms with Crippen molar-refractivity contribution in [3.8, 4) is 0 Å². The molecule has 1 aliphatic carbocycles. The predicted octanol–water partition coefficient (Wildman–Crippen LogP) is 2.51.